The first kappa shape index (κ1) is 21.7. The lowest BCUT2D eigenvalue weighted by molar-refractivity contribution is -0.148. The molecule has 158 valence electrons. The Hall–Kier alpha value is -2.97. The number of nitrogens with zero attached hydrogens (tertiary/aromatic N) is 2. The number of carbonyl (C=O) groups is 2. The summed E-state index contributed by atoms with van der Waals surface area (Å²) in [5.74, 6) is -0.801. The van der Waals surface area contributed by atoms with Crippen LogP contribution in [0.4, 0.5) is 0 Å². The molecule has 7 nitrogen and oxygen atoms in total. The molecule has 0 fully saturated rings. The zero-order valence-corrected chi connectivity index (χ0v) is 17.8. The van der Waals surface area contributed by atoms with Crippen LogP contribution in [0.1, 0.15) is 19.4 Å². The topological polar surface area (TPSA) is 89.0 Å². The molecule has 0 unspecified atom stereocenters. The molecule has 0 bridgehead atoms. The summed E-state index contributed by atoms with van der Waals surface area (Å²) in [6.45, 7) is 3.97. The molecule has 3 aromatic rings. The third kappa shape index (κ3) is 5.55. The monoisotopic (exact) mass is 428 g/mol. The van der Waals surface area contributed by atoms with Gasteiger partial charge in [0.1, 0.15) is 10.8 Å². The van der Waals surface area contributed by atoms with Gasteiger partial charge in [-0.1, -0.05) is 12.1 Å². The first-order valence-corrected chi connectivity index (χ1v) is 10.5. The van der Waals surface area contributed by atoms with E-state index < -0.39 is 11.9 Å². The summed E-state index contributed by atoms with van der Waals surface area (Å²) >= 11 is 1.56. The van der Waals surface area contributed by atoms with Gasteiger partial charge >= 0.3 is 11.9 Å². The Balaban J connectivity index is 1.84. The average molecular weight is 429 g/mol. The maximum absolute atomic E-state index is 12.0. The fourth-order valence-electron chi connectivity index (χ4n) is 3.03. The van der Waals surface area contributed by atoms with Gasteiger partial charge in [-0.15, -0.1) is 11.3 Å². The van der Waals surface area contributed by atoms with E-state index in [2.05, 4.69) is 4.98 Å². The average Bonchev–Trinajstić information content (AvgIpc) is 3.14. The highest BCUT2D eigenvalue weighted by atomic mass is 32.1. The van der Waals surface area contributed by atoms with E-state index >= 15 is 0 Å². The Labute approximate surface area is 178 Å². The van der Waals surface area contributed by atoms with Crippen LogP contribution < -0.4 is 0 Å². The molecule has 0 spiro atoms. The molecule has 0 aliphatic rings. The number of fused-ring (bicyclic) bond motifs is 1. The lowest BCUT2D eigenvalue weighted by Gasteiger charge is -2.21. The number of aromatic nitrogens is 1. The summed E-state index contributed by atoms with van der Waals surface area (Å²) in [6.07, 6.45) is 0. The van der Waals surface area contributed by atoms with Crippen molar-refractivity contribution in [3.8, 4) is 16.3 Å². The smallest absolute Gasteiger partial charge is 0.320 e. The fraction of sp³-hybridized carbons (Fsp3) is 0.318. The number of benzene rings is 2. The Morgan fingerprint density at radius 2 is 1.70 bits per heavy atom. The summed E-state index contributed by atoms with van der Waals surface area (Å²) < 4.78 is 11.1. The summed E-state index contributed by atoms with van der Waals surface area (Å²) in [5.41, 5.74) is 2.36. The summed E-state index contributed by atoms with van der Waals surface area (Å²) in [4.78, 5) is 30.2. The number of phenolic OH excluding ortho intramolecular Hbond substituents is 1. The van der Waals surface area contributed by atoms with Gasteiger partial charge < -0.3 is 14.6 Å². The van der Waals surface area contributed by atoms with Crippen molar-refractivity contribution in [2.45, 2.75) is 20.4 Å². The molecule has 0 saturated heterocycles. The van der Waals surface area contributed by atoms with E-state index in [-0.39, 0.29) is 38.6 Å². The van der Waals surface area contributed by atoms with Gasteiger partial charge in [0.25, 0.3) is 0 Å². The van der Waals surface area contributed by atoms with Gasteiger partial charge in [0.15, 0.2) is 0 Å². The van der Waals surface area contributed by atoms with Gasteiger partial charge in [0.2, 0.25) is 0 Å². The molecular weight excluding hydrogens is 404 g/mol. The first-order valence-electron chi connectivity index (χ1n) is 9.71. The van der Waals surface area contributed by atoms with Crippen LogP contribution in [0.3, 0.4) is 0 Å². The predicted molar refractivity (Wildman–Crippen MR) is 115 cm³/mol. The third-order valence-electron chi connectivity index (χ3n) is 4.33. The molecule has 0 aliphatic heterocycles. The quantitative estimate of drug-likeness (QED) is 0.521. The summed E-state index contributed by atoms with van der Waals surface area (Å²) in [6, 6.07) is 13.1. The van der Waals surface area contributed by atoms with Gasteiger partial charge in [-0.25, -0.2) is 4.98 Å². The van der Waals surface area contributed by atoms with Crippen molar-refractivity contribution in [3.05, 3.63) is 48.0 Å². The molecule has 0 radical (unpaired) electrons. The highest BCUT2D eigenvalue weighted by Gasteiger charge is 2.19. The molecule has 0 saturated carbocycles. The van der Waals surface area contributed by atoms with Crippen molar-refractivity contribution in [1.29, 1.82) is 0 Å². The number of rotatable bonds is 9. The molecule has 8 heteroatoms. The number of thiazole rings is 1. The number of hydrogen-bond donors (Lipinski definition) is 1. The van der Waals surface area contributed by atoms with Crippen LogP contribution in [0, 0.1) is 0 Å². The predicted octanol–water partition coefficient (Wildman–Crippen LogP) is 3.60. The minimum Gasteiger partial charge on any atom is -0.508 e. The second kappa shape index (κ2) is 10.2. The van der Waals surface area contributed by atoms with E-state index in [1.54, 1.807) is 42.2 Å². The van der Waals surface area contributed by atoms with Gasteiger partial charge in [-0.3, -0.25) is 14.5 Å². The third-order valence-corrected chi connectivity index (χ3v) is 5.42. The Bertz CT molecular complexity index is 980. The number of esters is 2. The first-order chi connectivity index (χ1) is 14.5. The molecule has 3 rings (SSSR count). The summed E-state index contributed by atoms with van der Waals surface area (Å²) in [5, 5.41) is 11.2. The number of aromatic hydroxyl groups is 1. The van der Waals surface area contributed by atoms with E-state index in [1.807, 2.05) is 30.3 Å². The van der Waals surface area contributed by atoms with Crippen LogP contribution in [0.5, 0.6) is 5.75 Å². The van der Waals surface area contributed by atoms with Gasteiger partial charge in [-0.2, -0.15) is 0 Å². The van der Waals surface area contributed by atoms with Gasteiger partial charge in [0, 0.05) is 17.7 Å². The van der Waals surface area contributed by atoms with E-state index in [0.717, 1.165) is 20.8 Å². The molecule has 30 heavy (non-hydrogen) atoms. The summed E-state index contributed by atoms with van der Waals surface area (Å²) in [7, 11) is 0. The van der Waals surface area contributed by atoms with Crippen LogP contribution in [0.2, 0.25) is 0 Å². The SMILES string of the molecule is CCOC(=O)CN(CC(=O)OCC)Cc1cc(-c2nc3ccccc3s2)ccc1O. The minimum atomic E-state index is -0.441. The molecule has 0 atom stereocenters. The normalized spacial score (nSPS) is 11.0. The Kier molecular flexibility index (Phi) is 7.37. The van der Waals surface area contributed by atoms with Crippen LogP contribution in [0.25, 0.3) is 20.8 Å². The van der Waals surface area contributed by atoms with Gasteiger partial charge in [-0.05, 0) is 44.2 Å². The van der Waals surface area contributed by atoms with Crippen molar-refractivity contribution in [2.24, 2.45) is 0 Å². The van der Waals surface area contributed by atoms with Crippen LogP contribution in [-0.2, 0) is 25.6 Å². The number of carbonyl (C=O) groups excluding carboxylic acids is 2. The van der Waals surface area contributed by atoms with E-state index in [0.29, 0.717) is 5.56 Å². The van der Waals surface area contributed by atoms with E-state index in [1.165, 1.54) is 0 Å². The maximum atomic E-state index is 12.0. The maximum Gasteiger partial charge on any atom is 0.320 e. The molecule has 1 heterocycles. The highest BCUT2D eigenvalue weighted by Crippen LogP contribution is 2.32. The molecule has 0 amide bonds. The second-order valence-electron chi connectivity index (χ2n) is 6.59. The molecule has 2 aromatic carbocycles. The van der Waals surface area contributed by atoms with E-state index in [4.69, 9.17) is 9.47 Å². The molecule has 1 aromatic heterocycles. The highest BCUT2D eigenvalue weighted by molar-refractivity contribution is 7.21. The second-order valence-corrected chi connectivity index (χ2v) is 7.62. The standard InChI is InChI=1S/C22H24N2O5S/c1-3-28-20(26)13-24(14-21(27)29-4-2)12-16-11-15(9-10-18(16)25)22-23-17-7-5-6-8-19(17)30-22/h5-11,25H,3-4,12-14H2,1-2H3. The molecular formula is C22H24N2O5S. The van der Waals surface area contributed by atoms with Crippen LogP contribution in [0.15, 0.2) is 42.5 Å². The Morgan fingerprint density at radius 1 is 1.03 bits per heavy atom. The van der Waals surface area contributed by atoms with Crippen LogP contribution >= 0.6 is 11.3 Å². The zero-order chi connectivity index (χ0) is 21.5. The Morgan fingerprint density at radius 3 is 2.33 bits per heavy atom. The lowest BCUT2D eigenvalue weighted by Crippen LogP contribution is -2.35. The van der Waals surface area contributed by atoms with Crippen molar-refractivity contribution < 1.29 is 24.2 Å². The van der Waals surface area contributed by atoms with Crippen molar-refractivity contribution in [2.75, 3.05) is 26.3 Å². The lowest BCUT2D eigenvalue weighted by atomic mass is 10.1. The van der Waals surface area contributed by atoms with Crippen molar-refractivity contribution in [3.63, 3.8) is 0 Å². The zero-order valence-electron chi connectivity index (χ0n) is 17.0. The van der Waals surface area contributed by atoms with Crippen LogP contribution in [-0.4, -0.2) is 53.2 Å². The molecule has 1 N–H and O–H groups in total. The number of phenols is 1. The minimum absolute atomic E-state index is 0.0811. The number of para-hydroxylation sites is 1. The van der Waals surface area contributed by atoms with Gasteiger partial charge in [0.05, 0.1) is 36.5 Å². The van der Waals surface area contributed by atoms with E-state index in [9.17, 15) is 14.7 Å². The largest absolute Gasteiger partial charge is 0.508 e. The number of ether oxygens (including phenoxy) is 2. The van der Waals surface area contributed by atoms with Crippen molar-refractivity contribution >= 4 is 33.5 Å². The number of hydrogen-bond acceptors (Lipinski definition) is 8. The van der Waals surface area contributed by atoms with Crippen molar-refractivity contribution in [1.82, 2.24) is 9.88 Å². The molecule has 0 aliphatic carbocycles. The fourth-order valence-corrected chi connectivity index (χ4v) is 3.99.